The number of carbonyl (C=O) groups is 1. The summed E-state index contributed by atoms with van der Waals surface area (Å²) in [5.41, 5.74) is 6.62. The number of carbonyl (C=O) groups excluding carboxylic acids is 1. The molecule has 1 aliphatic rings. The van der Waals surface area contributed by atoms with Crippen LogP contribution in [0, 0.1) is 0 Å². The Morgan fingerprint density at radius 1 is 1.40 bits per heavy atom. The molecular weight excluding hydrogens is 322 g/mol. The topological polar surface area (TPSA) is 97.0 Å². The van der Waals surface area contributed by atoms with Gasteiger partial charge in [-0.3, -0.25) is 5.32 Å². The molecule has 1 heterocycles. The van der Waals surface area contributed by atoms with Crippen LogP contribution in [0.2, 0.25) is 0 Å². The molecule has 25 heavy (non-hydrogen) atoms. The van der Waals surface area contributed by atoms with Gasteiger partial charge < -0.3 is 25.2 Å². The van der Waals surface area contributed by atoms with Gasteiger partial charge in [0.2, 0.25) is 0 Å². The summed E-state index contributed by atoms with van der Waals surface area (Å²) in [6.45, 7) is 6.98. The fourth-order valence-corrected chi connectivity index (χ4v) is 2.81. The first kappa shape index (κ1) is 19.3. The molecule has 0 saturated carbocycles. The fourth-order valence-electron chi connectivity index (χ4n) is 2.81. The van der Waals surface area contributed by atoms with Crippen LogP contribution in [0.15, 0.2) is 18.2 Å². The molecule has 0 aliphatic carbocycles. The summed E-state index contributed by atoms with van der Waals surface area (Å²) in [4.78, 5) is 13.8. The smallest absolute Gasteiger partial charge is 0.412 e. The number of amides is 1. The molecule has 1 amide bonds. The quantitative estimate of drug-likeness (QED) is 0.722. The Bertz CT molecular complexity index is 607. The number of rotatable bonds is 4. The Morgan fingerprint density at radius 3 is 2.64 bits per heavy atom. The van der Waals surface area contributed by atoms with Crippen LogP contribution >= 0.6 is 0 Å². The lowest BCUT2D eigenvalue weighted by molar-refractivity contribution is -0.0572. The van der Waals surface area contributed by atoms with Crippen LogP contribution in [0.3, 0.4) is 0 Å². The molecule has 1 aliphatic heterocycles. The molecule has 1 saturated heterocycles. The van der Waals surface area contributed by atoms with Gasteiger partial charge in [0.05, 0.1) is 17.0 Å². The van der Waals surface area contributed by atoms with E-state index in [1.54, 1.807) is 18.2 Å². The lowest BCUT2D eigenvalue weighted by Crippen LogP contribution is -2.45. The maximum absolute atomic E-state index is 11.9. The van der Waals surface area contributed by atoms with Gasteiger partial charge in [-0.25, -0.2) is 4.79 Å². The molecular formula is C18H29N3O4. The minimum absolute atomic E-state index is 0.441. The van der Waals surface area contributed by atoms with E-state index in [9.17, 15) is 9.90 Å². The zero-order valence-corrected chi connectivity index (χ0v) is 15.5. The molecule has 1 fully saturated rings. The highest BCUT2D eigenvalue weighted by molar-refractivity contribution is 5.87. The first-order valence-electron chi connectivity index (χ1n) is 8.49. The van der Waals surface area contributed by atoms with Crippen molar-refractivity contribution in [3.05, 3.63) is 18.2 Å². The number of hydrogen-bond acceptors (Lipinski definition) is 6. The second-order valence-corrected chi connectivity index (χ2v) is 7.59. The van der Waals surface area contributed by atoms with E-state index in [2.05, 4.69) is 5.32 Å². The van der Waals surface area contributed by atoms with Gasteiger partial charge in [0, 0.05) is 45.3 Å². The van der Waals surface area contributed by atoms with E-state index in [1.165, 1.54) is 0 Å². The number of hydrogen-bond donors (Lipinski definition) is 3. The van der Waals surface area contributed by atoms with Gasteiger partial charge in [0.1, 0.15) is 5.60 Å². The maximum Gasteiger partial charge on any atom is 0.412 e. The number of benzene rings is 1. The predicted octanol–water partition coefficient (Wildman–Crippen LogP) is 2.59. The summed E-state index contributed by atoms with van der Waals surface area (Å²) in [5.74, 6) is 0. The van der Waals surface area contributed by atoms with Crippen molar-refractivity contribution in [3.8, 4) is 0 Å². The van der Waals surface area contributed by atoms with Crippen molar-refractivity contribution in [1.29, 1.82) is 0 Å². The monoisotopic (exact) mass is 351 g/mol. The van der Waals surface area contributed by atoms with Crippen molar-refractivity contribution in [2.24, 2.45) is 0 Å². The highest BCUT2D eigenvalue weighted by atomic mass is 16.6. The lowest BCUT2D eigenvalue weighted by Gasteiger charge is -2.36. The predicted molar refractivity (Wildman–Crippen MR) is 99.0 cm³/mol. The van der Waals surface area contributed by atoms with Crippen molar-refractivity contribution in [2.75, 3.05) is 42.8 Å². The molecule has 7 heteroatoms. The Labute approximate surface area is 149 Å². The van der Waals surface area contributed by atoms with Gasteiger partial charge in [0.25, 0.3) is 0 Å². The Kier molecular flexibility index (Phi) is 5.80. The normalized spacial score (nSPS) is 17.0. The molecule has 7 nitrogen and oxygen atoms in total. The van der Waals surface area contributed by atoms with Crippen molar-refractivity contribution in [3.63, 3.8) is 0 Å². The molecule has 140 valence electrons. The van der Waals surface area contributed by atoms with Crippen molar-refractivity contribution >= 4 is 23.2 Å². The highest BCUT2D eigenvalue weighted by Crippen LogP contribution is 2.30. The van der Waals surface area contributed by atoms with Crippen LogP contribution in [-0.4, -0.2) is 49.2 Å². The van der Waals surface area contributed by atoms with E-state index in [0.29, 0.717) is 44.0 Å². The van der Waals surface area contributed by atoms with Crippen LogP contribution in [0.25, 0.3) is 0 Å². The number of nitrogens with zero attached hydrogens (tertiary/aromatic N) is 1. The van der Waals surface area contributed by atoms with Crippen LogP contribution in [0.4, 0.5) is 21.9 Å². The highest BCUT2D eigenvalue weighted by Gasteiger charge is 2.31. The van der Waals surface area contributed by atoms with E-state index >= 15 is 0 Å². The average Bonchev–Trinajstić information content (AvgIpc) is 2.47. The van der Waals surface area contributed by atoms with Gasteiger partial charge in [-0.2, -0.15) is 0 Å². The molecule has 0 unspecified atom stereocenters. The van der Waals surface area contributed by atoms with E-state index in [0.717, 1.165) is 5.69 Å². The average molecular weight is 351 g/mol. The van der Waals surface area contributed by atoms with Crippen molar-refractivity contribution in [1.82, 2.24) is 0 Å². The van der Waals surface area contributed by atoms with Crippen LogP contribution in [0.1, 0.15) is 33.6 Å². The maximum atomic E-state index is 11.9. The zero-order chi connectivity index (χ0) is 18.7. The van der Waals surface area contributed by atoms with E-state index in [-0.39, 0.29) is 0 Å². The molecule has 4 N–H and O–H groups in total. The third-order valence-corrected chi connectivity index (χ3v) is 4.04. The van der Waals surface area contributed by atoms with Gasteiger partial charge in [-0.15, -0.1) is 0 Å². The van der Waals surface area contributed by atoms with E-state index in [1.807, 2.05) is 32.7 Å². The molecule has 0 radical (unpaired) electrons. The Morgan fingerprint density at radius 2 is 2.04 bits per heavy atom. The Hall–Kier alpha value is -1.99. The molecule has 0 atom stereocenters. The van der Waals surface area contributed by atoms with E-state index in [4.69, 9.17) is 15.2 Å². The summed E-state index contributed by atoms with van der Waals surface area (Å²) < 4.78 is 10.6. The molecule has 0 spiro atoms. The largest absolute Gasteiger partial charge is 0.444 e. The first-order chi connectivity index (χ1) is 11.6. The third-order valence-electron chi connectivity index (χ3n) is 4.04. The number of nitrogens with one attached hydrogen (secondary N) is 1. The minimum Gasteiger partial charge on any atom is -0.444 e. The SMILES string of the molecule is CN(CC1(O)CCOCC1)c1cc(NC(=O)OC(C)(C)C)ccc1N. The fraction of sp³-hybridized carbons (Fsp3) is 0.611. The number of aliphatic hydroxyl groups is 1. The summed E-state index contributed by atoms with van der Waals surface area (Å²) in [6.07, 6.45) is 0.661. The number of likely N-dealkylation sites (N-methyl/N-ethyl adjacent to an activating group) is 1. The zero-order valence-electron chi connectivity index (χ0n) is 15.5. The van der Waals surface area contributed by atoms with E-state index < -0.39 is 17.3 Å². The number of anilines is 3. The van der Waals surface area contributed by atoms with Crippen LogP contribution in [-0.2, 0) is 9.47 Å². The molecule has 0 aromatic heterocycles. The van der Waals surface area contributed by atoms with Crippen molar-refractivity contribution < 1.29 is 19.4 Å². The number of ether oxygens (including phenoxy) is 2. The summed E-state index contributed by atoms with van der Waals surface area (Å²) >= 11 is 0. The first-order valence-corrected chi connectivity index (χ1v) is 8.49. The Balaban J connectivity index is 2.08. The van der Waals surface area contributed by atoms with Crippen molar-refractivity contribution in [2.45, 2.75) is 44.8 Å². The molecule has 1 aromatic carbocycles. The van der Waals surface area contributed by atoms with Gasteiger partial charge >= 0.3 is 6.09 Å². The number of nitrogens with two attached hydrogens (primary N) is 1. The van der Waals surface area contributed by atoms with Crippen LogP contribution < -0.4 is 16.0 Å². The van der Waals surface area contributed by atoms with Gasteiger partial charge in [0.15, 0.2) is 0 Å². The summed E-state index contributed by atoms with van der Waals surface area (Å²) in [5, 5.41) is 13.4. The summed E-state index contributed by atoms with van der Waals surface area (Å²) in [7, 11) is 1.87. The standard InChI is InChI=1S/C18H29N3O4/c1-17(2,3)25-16(22)20-13-5-6-14(19)15(11-13)21(4)12-18(23)7-9-24-10-8-18/h5-6,11,23H,7-10,12,19H2,1-4H3,(H,20,22). The molecule has 1 aromatic rings. The second-order valence-electron chi connectivity index (χ2n) is 7.59. The third kappa shape index (κ3) is 5.79. The van der Waals surface area contributed by atoms with Crippen LogP contribution in [0.5, 0.6) is 0 Å². The number of nitrogen functional groups attached to an aromatic ring is 1. The van der Waals surface area contributed by atoms with Gasteiger partial charge in [-0.1, -0.05) is 0 Å². The minimum atomic E-state index is -0.798. The lowest BCUT2D eigenvalue weighted by atomic mass is 9.93. The van der Waals surface area contributed by atoms with Gasteiger partial charge in [-0.05, 0) is 39.0 Å². The second kappa shape index (κ2) is 7.49. The summed E-state index contributed by atoms with van der Waals surface area (Å²) in [6, 6.07) is 5.23. The molecule has 0 bridgehead atoms. The molecule has 2 rings (SSSR count).